The van der Waals surface area contributed by atoms with Gasteiger partial charge in [-0.25, -0.2) is 4.98 Å². The third-order valence-electron chi connectivity index (χ3n) is 5.21. The summed E-state index contributed by atoms with van der Waals surface area (Å²) >= 11 is 0. The maximum Gasteiger partial charge on any atom is 0.229 e. The highest BCUT2D eigenvalue weighted by Crippen LogP contribution is 2.32. The van der Waals surface area contributed by atoms with Crippen molar-refractivity contribution in [3.8, 4) is 22.8 Å². The molecule has 1 aliphatic heterocycles. The third kappa shape index (κ3) is 5.43. The van der Waals surface area contributed by atoms with Crippen LogP contribution in [-0.4, -0.2) is 60.4 Å². The SMILES string of the molecule is CNc1cc(-c2cnoc2)nc(Nc2ccc(OC)c(OCCCN3CCCC3)c2)n1. The molecule has 31 heavy (non-hydrogen) atoms. The minimum Gasteiger partial charge on any atom is -0.493 e. The summed E-state index contributed by atoms with van der Waals surface area (Å²) in [6.07, 6.45) is 6.76. The van der Waals surface area contributed by atoms with Crippen LogP contribution in [0.4, 0.5) is 17.5 Å². The van der Waals surface area contributed by atoms with E-state index >= 15 is 0 Å². The summed E-state index contributed by atoms with van der Waals surface area (Å²) in [5.74, 6) is 2.52. The average molecular weight is 425 g/mol. The minimum absolute atomic E-state index is 0.452. The number of nitrogens with one attached hydrogen (secondary N) is 2. The number of anilines is 3. The van der Waals surface area contributed by atoms with E-state index in [0.29, 0.717) is 35.6 Å². The molecule has 2 aromatic heterocycles. The lowest BCUT2D eigenvalue weighted by molar-refractivity contribution is 0.254. The van der Waals surface area contributed by atoms with Crippen molar-refractivity contribution in [2.75, 3.05) is 51.0 Å². The topological polar surface area (TPSA) is 97.6 Å². The van der Waals surface area contributed by atoms with E-state index in [1.165, 1.54) is 25.9 Å². The van der Waals surface area contributed by atoms with E-state index in [2.05, 4.69) is 30.7 Å². The molecule has 3 aromatic rings. The smallest absolute Gasteiger partial charge is 0.229 e. The molecular formula is C22H28N6O3. The Kier molecular flexibility index (Phi) is 6.83. The van der Waals surface area contributed by atoms with Crippen LogP contribution in [0.5, 0.6) is 11.5 Å². The van der Waals surface area contributed by atoms with Gasteiger partial charge in [0.1, 0.15) is 12.1 Å². The van der Waals surface area contributed by atoms with Crippen LogP contribution < -0.4 is 20.1 Å². The first-order chi connectivity index (χ1) is 15.2. The Morgan fingerprint density at radius 3 is 2.74 bits per heavy atom. The molecule has 2 N–H and O–H groups in total. The summed E-state index contributed by atoms with van der Waals surface area (Å²) < 4.78 is 16.4. The predicted octanol–water partition coefficient (Wildman–Crippen LogP) is 3.79. The Morgan fingerprint density at radius 1 is 1.13 bits per heavy atom. The fraction of sp³-hybridized carbons (Fsp3) is 0.409. The zero-order valence-corrected chi connectivity index (χ0v) is 17.9. The Labute approximate surface area is 181 Å². The first-order valence-corrected chi connectivity index (χ1v) is 10.5. The summed E-state index contributed by atoms with van der Waals surface area (Å²) in [6.45, 7) is 4.10. The first kappa shape index (κ1) is 20.9. The molecule has 0 amide bonds. The number of ether oxygens (including phenoxy) is 2. The monoisotopic (exact) mass is 424 g/mol. The standard InChI is InChI=1S/C22H28N6O3/c1-23-21-13-18(16-14-24-31-15-16)26-22(27-21)25-17-6-7-19(29-2)20(12-17)30-11-5-10-28-8-3-4-9-28/h6-7,12-15H,3-5,8-11H2,1-2H3,(H2,23,25,26,27). The van der Waals surface area contributed by atoms with Crippen LogP contribution in [0.3, 0.4) is 0 Å². The summed E-state index contributed by atoms with van der Waals surface area (Å²) in [4.78, 5) is 11.5. The number of hydrogen-bond donors (Lipinski definition) is 2. The molecule has 0 spiro atoms. The van der Waals surface area contributed by atoms with Gasteiger partial charge in [0.05, 0.1) is 31.2 Å². The normalized spacial score (nSPS) is 13.9. The van der Waals surface area contributed by atoms with Crippen molar-refractivity contribution in [3.05, 3.63) is 36.7 Å². The fourth-order valence-corrected chi connectivity index (χ4v) is 3.58. The van der Waals surface area contributed by atoms with E-state index in [1.807, 2.05) is 31.3 Å². The zero-order chi connectivity index (χ0) is 21.5. The highest BCUT2D eigenvalue weighted by Gasteiger charge is 2.12. The summed E-state index contributed by atoms with van der Waals surface area (Å²) in [5, 5.41) is 10.1. The Hall–Kier alpha value is -3.33. The molecule has 0 saturated carbocycles. The first-order valence-electron chi connectivity index (χ1n) is 10.5. The maximum absolute atomic E-state index is 6.03. The lowest BCUT2D eigenvalue weighted by Crippen LogP contribution is -2.21. The van der Waals surface area contributed by atoms with Crippen molar-refractivity contribution >= 4 is 17.5 Å². The van der Waals surface area contributed by atoms with Crippen LogP contribution in [0.25, 0.3) is 11.3 Å². The minimum atomic E-state index is 0.452. The van der Waals surface area contributed by atoms with Gasteiger partial charge in [0, 0.05) is 31.4 Å². The van der Waals surface area contributed by atoms with Gasteiger partial charge in [0.25, 0.3) is 0 Å². The van der Waals surface area contributed by atoms with Gasteiger partial charge < -0.3 is 29.5 Å². The molecule has 3 heterocycles. The van der Waals surface area contributed by atoms with Crippen molar-refractivity contribution < 1.29 is 14.0 Å². The highest BCUT2D eigenvalue weighted by atomic mass is 16.5. The molecule has 0 bridgehead atoms. The maximum atomic E-state index is 6.03. The molecule has 9 nitrogen and oxygen atoms in total. The fourth-order valence-electron chi connectivity index (χ4n) is 3.58. The molecule has 0 atom stereocenters. The number of hydrogen-bond acceptors (Lipinski definition) is 9. The van der Waals surface area contributed by atoms with E-state index in [1.54, 1.807) is 19.6 Å². The summed E-state index contributed by atoms with van der Waals surface area (Å²) in [7, 11) is 3.45. The molecule has 4 rings (SSSR count). The molecule has 1 fully saturated rings. The van der Waals surface area contributed by atoms with Gasteiger partial charge >= 0.3 is 0 Å². The number of benzene rings is 1. The van der Waals surface area contributed by atoms with E-state index in [-0.39, 0.29) is 0 Å². The number of likely N-dealkylation sites (tertiary alicyclic amines) is 1. The van der Waals surface area contributed by atoms with Crippen LogP contribution in [0.15, 0.2) is 41.2 Å². The summed E-state index contributed by atoms with van der Waals surface area (Å²) in [6, 6.07) is 7.52. The van der Waals surface area contributed by atoms with Gasteiger partial charge in [0.15, 0.2) is 11.5 Å². The molecule has 1 aromatic carbocycles. The van der Waals surface area contributed by atoms with Crippen molar-refractivity contribution in [1.82, 2.24) is 20.0 Å². The van der Waals surface area contributed by atoms with Crippen molar-refractivity contribution in [1.29, 1.82) is 0 Å². The lowest BCUT2D eigenvalue weighted by Gasteiger charge is -2.16. The van der Waals surface area contributed by atoms with Gasteiger partial charge in [-0.3, -0.25) is 0 Å². The Morgan fingerprint density at radius 2 is 2.00 bits per heavy atom. The second-order valence-electron chi connectivity index (χ2n) is 7.37. The summed E-state index contributed by atoms with van der Waals surface area (Å²) in [5.41, 5.74) is 2.29. The zero-order valence-electron chi connectivity index (χ0n) is 17.9. The second kappa shape index (κ2) is 10.1. The molecule has 164 valence electrons. The van der Waals surface area contributed by atoms with Gasteiger partial charge in [-0.05, 0) is 44.5 Å². The molecule has 1 saturated heterocycles. The quantitative estimate of drug-likeness (QED) is 0.471. The number of nitrogens with zero attached hydrogens (tertiary/aromatic N) is 4. The van der Waals surface area contributed by atoms with Gasteiger partial charge in [-0.1, -0.05) is 5.16 Å². The van der Waals surface area contributed by atoms with E-state index in [4.69, 9.17) is 14.0 Å². The van der Waals surface area contributed by atoms with Crippen LogP contribution in [-0.2, 0) is 0 Å². The average Bonchev–Trinajstić information content (AvgIpc) is 3.51. The van der Waals surface area contributed by atoms with Crippen molar-refractivity contribution in [2.24, 2.45) is 0 Å². The van der Waals surface area contributed by atoms with Gasteiger partial charge in [0.2, 0.25) is 5.95 Å². The molecule has 0 radical (unpaired) electrons. The van der Waals surface area contributed by atoms with E-state index < -0.39 is 0 Å². The largest absolute Gasteiger partial charge is 0.493 e. The van der Waals surface area contributed by atoms with Crippen molar-refractivity contribution in [2.45, 2.75) is 19.3 Å². The Balaban J connectivity index is 1.45. The van der Waals surface area contributed by atoms with Crippen molar-refractivity contribution in [3.63, 3.8) is 0 Å². The molecular weight excluding hydrogens is 396 g/mol. The molecule has 1 aliphatic rings. The Bertz CT molecular complexity index is 973. The van der Waals surface area contributed by atoms with E-state index in [9.17, 15) is 0 Å². The third-order valence-corrected chi connectivity index (χ3v) is 5.21. The molecule has 0 aliphatic carbocycles. The van der Waals surface area contributed by atoms with Crippen LogP contribution in [0.2, 0.25) is 0 Å². The van der Waals surface area contributed by atoms with E-state index in [0.717, 1.165) is 24.2 Å². The van der Waals surface area contributed by atoms with Crippen LogP contribution in [0.1, 0.15) is 19.3 Å². The van der Waals surface area contributed by atoms with Crippen LogP contribution >= 0.6 is 0 Å². The number of aromatic nitrogens is 3. The highest BCUT2D eigenvalue weighted by molar-refractivity contribution is 5.66. The van der Waals surface area contributed by atoms with Crippen LogP contribution in [0, 0.1) is 0 Å². The number of rotatable bonds is 10. The predicted molar refractivity (Wildman–Crippen MR) is 119 cm³/mol. The second-order valence-corrected chi connectivity index (χ2v) is 7.37. The number of methoxy groups -OCH3 is 1. The van der Waals surface area contributed by atoms with Gasteiger partial charge in [-0.15, -0.1) is 0 Å². The van der Waals surface area contributed by atoms with Gasteiger partial charge in [-0.2, -0.15) is 4.98 Å². The molecule has 9 heteroatoms. The molecule has 0 unspecified atom stereocenters. The lowest BCUT2D eigenvalue weighted by atomic mass is 10.2.